The molecule has 8 nitrogen and oxygen atoms in total. The first-order valence-corrected chi connectivity index (χ1v) is 10.9. The van der Waals surface area contributed by atoms with Gasteiger partial charge in [0, 0.05) is 25.0 Å². The molecular weight excluding hydrogens is 476 g/mol. The van der Waals surface area contributed by atoms with Crippen LogP contribution in [0.3, 0.4) is 0 Å². The number of benzene rings is 2. The van der Waals surface area contributed by atoms with Crippen molar-refractivity contribution in [3.8, 4) is 11.5 Å². The van der Waals surface area contributed by atoms with Crippen molar-refractivity contribution in [2.45, 2.75) is 31.0 Å². The molecular formula is C22H20Cl2FN3O5. The molecule has 33 heavy (non-hydrogen) atoms. The summed E-state index contributed by atoms with van der Waals surface area (Å²) in [5.41, 5.74) is 0.690. The Hall–Kier alpha value is -2.43. The lowest BCUT2D eigenvalue weighted by molar-refractivity contribution is -0.108. The molecule has 4 atom stereocenters. The second kappa shape index (κ2) is 9.08. The molecule has 1 aromatic heterocycles. The van der Waals surface area contributed by atoms with Crippen molar-refractivity contribution in [1.29, 1.82) is 0 Å². The van der Waals surface area contributed by atoms with Gasteiger partial charge in [0.2, 0.25) is 6.29 Å². The highest BCUT2D eigenvalue weighted by Gasteiger charge is 2.47. The van der Waals surface area contributed by atoms with Crippen molar-refractivity contribution in [2.24, 2.45) is 0 Å². The molecule has 2 aromatic carbocycles. The van der Waals surface area contributed by atoms with Gasteiger partial charge in [0.1, 0.15) is 30.2 Å². The summed E-state index contributed by atoms with van der Waals surface area (Å²) < 4.78 is 43.1. The van der Waals surface area contributed by atoms with E-state index in [-0.39, 0.29) is 34.0 Å². The predicted octanol–water partition coefficient (Wildman–Crippen LogP) is 4.74. The highest BCUT2D eigenvalue weighted by atomic mass is 35.5. The molecule has 0 saturated carbocycles. The van der Waals surface area contributed by atoms with E-state index in [9.17, 15) is 4.39 Å². The smallest absolute Gasteiger partial charge is 0.203 e. The van der Waals surface area contributed by atoms with Gasteiger partial charge in [0.25, 0.3) is 0 Å². The fraction of sp³-hybridized carbons (Fsp3) is 0.364. The van der Waals surface area contributed by atoms with Crippen LogP contribution >= 0.6 is 23.2 Å². The second-order valence-electron chi connectivity index (χ2n) is 7.64. The van der Waals surface area contributed by atoms with Crippen molar-refractivity contribution in [1.82, 2.24) is 9.97 Å². The Morgan fingerprint density at radius 3 is 2.70 bits per heavy atom. The average molecular weight is 496 g/mol. The van der Waals surface area contributed by atoms with Gasteiger partial charge in [0.15, 0.2) is 11.5 Å². The summed E-state index contributed by atoms with van der Waals surface area (Å²) in [6.45, 7) is 0.504. The molecule has 1 N–H and O–H groups in total. The summed E-state index contributed by atoms with van der Waals surface area (Å²) in [6.07, 6.45) is 1.04. The van der Waals surface area contributed by atoms with Crippen molar-refractivity contribution in [2.75, 3.05) is 26.1 Å². The first-order chi connectivity index (χ1) is 16.0. The summed E-state index contributed by atoms with van der Waals surface area (Å²) in [5, 5.41) is 3.88. The number of methoxy groups -OCH3 is 2. The predicted molar refractivity (Wildman–Crippen MR) is 120 cm³/mol. The van der Waals surface area contributed by atoms with E-state index in [0.29, 0.717) is 41.2 Å². The number of fused-ring (bicyclic) bond motifs is 2. The van der Waals surface area contributed by atoms with Crippen LogP contribution < -0.4 is 14.8 Å². The first-order valence-electron chi connectivity index (χ1n) is 10.2. The van der Waals surface area contributed by atoms with Gasteiger partial charge in [-0.05, 0) is 18.2 Å². The van der Waals surface area contributed by atoms with Gasteiger partial charge in [-0.25, -0.2) is 14.4 Å². The molecule has 0 spiro atoms. The van der Waals surface area contributed by atoms with E-state index in [1.165, 1.54) is 19.5 Å². The molecule has 2 aliphatic heterocycles. The minimum atomic E-state index is -0.566. The quantitative estimate of drug-likeness (QED) is 0.491. The van der Waals surface area contributed by atoms with Gasteiger partial charge in [-0.3, -0.25) is 0 Å². The minimum absolute atomic E-state index is 0.0781. The highest BCUT2D eigenvalue weighted by Crippen LogP contribution is 2.39. The van der Waals surface area contributed by atoms with Gasteiger partial charge in [-0.2, -0.15) is 0 Å². The van der Waals surface area contributed by atoms with Crippen LogP contribution in [0.4, 0.5) is 15.9 Å². The molecule has 2 fully saturated rings. The maximum atomic E-state index is 14.4. The Kier molecular flexibility index (Phi) is 6.15. The van der Waals surface area contributed by atoms with Crippen molar-refractivity contribution in [3.05, 3.63) is 46.5 Å². The summed E-state index contributed by atoms with van der Waals surface area (Å²) in [6, 6.07) is 5.97. The maximum absolute atomic E-state index is 14.4. The van der Waals surface area contributed by atoms with Crippen molar-refractivity contribution in [3.63, 3.8) is 0 Å². The Labute approximate surface area is 198 Å². The van der Waals surface area contributed by atoms with Crippen LogP contribution in [-0.4, -0.2) is 55.4 Å². The average Bonchev–Trinajstić information content (AvgIpc) is 3.37. The standard InChI is InChI=1S/C22H20Cl2FN3O5/c1-29-16-3-10-14(6-17(16)32-20-7-18-21(33-20)19(30-2)8-31-18)26-9-27-22(10)28-15-5-12(24)11(23)4-13(15)25/h3-6,9,18-21H,7-8H2,1-2H3,(H,26,27,28)/t18-,19+,20+,21+/m1/s1. The highest BCUT2D eigenvalue weighted by molar-refractivity contribution is 6.42. The van der Waals surface area contributed by atoms with E-state index in [4.69, 9.17) is 46.9 Å². The molecule has 3 aromatic rings. The normalized spacial score (nSPS) is 24.2. The van der Waals surface area contributed by atoms with Crippen LogP contribution in [0.15, 0.2) is 30.6 Å². The summed E-state index contributed by atoms with van der Waals surface area (Å²) in [4.78, 5) is 8.56. The topological polar surface area (TPSA) is 84.0 Å². The molecule has 2 saturated heterocycles. The third kappa shape index (κ3) is 4.27. The molecule has 0 unspecified atom stereocenters. The molecule has 2 aliphatic rings. The number of rotatable bonds is 6. The SMILES string of the molecule is COc1cc2c(Nc3cc(Cl)c(Cl)cc3F)ncnc2cc1O[C@@H]1C[C@H]2OC[C@H](OC)[C@H]2O1. The number of nitrogens with one attached hydrogen (secondary N) is 1. The van der Waals surface area contributed by atoms with E-state index >= 15 is 0 Å². The summed E-state index contributed by atoms with van der Waals surface area (Å²) in [5.74, 6) is 0.697. The maximum Gasteiger partial charge on any atom is 0.203 e. The fourth-order valence-electron chi connectivity index (χ4n) is 4.03. The van der Waals surface area contributed by atoms with Gasteiger partial charge in [-0.15, -0.1) is 0 Å². The lowest BCUT2D eigenvalue weighted by Crippen LogP contribution is -2.30. The van der Waals surface area contributed by atoms with Crippen LogP contribution in [0, 0.1) is 5.82 Å². The molecule has 0 aliphatic carbocycles. The molecule has 5 rings (SSSR count). The fourth-order valence-corrected chi connectivity index (χ4v) is 4.34. The zero-order valence-electron chi connectivity index (χ0n) is 17.7. The van der Waals surface area contributed by atoms with Crippen molar-refractivity contribution < 1.29 is 28.1 Å². The molecule has 11 heteroatoms. The third-order valence-electron chi connectivity index (χ3n) is 5.69. The summed E-state index contributed by atoms with van der Waals surface area (Å²) >= 11 is 11.9. The van der Waals surface area contributed by atoms with Gasteiger partial charge in [0.05, 0.1) is 41.1 Å². The van der Waals surface area contributed by atoms with E-state index in [1.807, 2.05) is 0 Å². The van der Waals surface area contributed by atoms with Gasteiger partial charge >= 0.3 is 0 Å². The van der Waals surface area contributed by atoms with E-state index in [1.54, 1.807) is 19.2 Å². The van der Waals surface area contributed by atoms with E-state index in [0.717, 1.165) is 6.07 Å². The zero-order valence-corrected chi connectivity index (χ0v) is 19.2. The van der Waals surface area contributed by atoms with Gasteiger partial charge < -0.3 is 29.0 Å². The van der Waals surface area contributed by atoms with Crippen molar-refractivity contribution >= 4 is 45.6 Å². The van der Waals surface area contributed by atoms with Crippen LogP contribution in [0.2, 0.25) is 10.0 Å². The Morgan fingerprint density at radius 2 is 1.91 bits per heavy atom. The number of halogens is 3. The van der Waals surface area contributed by atoms with Crippen LogP contribution in [-0.2, 0) is 14.2 Å². The summed E-state index contributed by atoms with van der Waals surface area (Å²) in [7, 11) is 3.16. The third-order valence-corrected chi connectivity index (χ3v) is 6.41. The first kappa shape index (κ1) is 22.4. The molecule has 0 bridgehead atoms. The van der Waals surface area contributed by atoms with Crippen LogP contribution in [0.5, 0.6) is 11.5 Å². The number of hydrogen-bond donors (Lipinski definition) is 1. The lowest BCUT2D eigenvalue weighted by Gasteiger charge is -2.19. The monoisotopic (exact) mass is 495 g/mol. The molecule has 0 radical (unpaired) electrons. The number of ether oxygens (including phenoxy) is 5. The largest absolute Gasteiger partial charge is 0.493 e. The van der Waals surface area contributed by atoms with E-state index in [2.05, 4.69) is 15.3 Å². The minimum Gasteiger partial charge on any atom is -0.493 e. The zero-order chi connectivity index (χ0) is 23.1. The Balaban J connectivity index is 1.43. The lowest BCUT2D eigenvalue weighted by atomic mass is 10.1. The number of anilines is 2. The van der Waals surface area contributed by atoms with E-state index < -0.39 is 12.1 Å². The number of nitrogens with zero attached hydrogens (tertiary/aromatic N) is 2. The van der Waals surface area contributed by atoms with Gasteiger partial charge in [-0.1, -0.05) is 23.2 Å². The Morgan fingerprint density at radius 1 is 1.09 bits per heavy atom. The second-order valence-corrected chi connectivity index (χ2v) is 8.46. The molecule has 174 valence electrons. The molecule has 0 amide bonds. The number of aromatic nitrogens is 2. The number of hydrogen-bond acceptors (Lipinski definition) is 8. The van der Waals surface area contributed by atoms with Crippen LogP contribution in [0.25, 0.3) is 10.9 Å². The Bertz CT molecular complexity index is 1200. The molecule has 3 heterocycles. The van der Waals surface area contributed by atoms with Crippen LogP contribution in [0.1, 0.15) is 6.42 Å².